The summed E-state index contributed by atoms with van der Waals surface area (Å²) < 4.78 is 11.1. The highest BCUT2D eigenvalue weighted by atomic mass is 16.6. The van der Waals surface area contributed by atoms with Crippen molar-refractivity contribution in [1.82, 2.24) is 4.90 Å². The Balaban J connectivity index is 2.67. The van der Waals surface area contributed by atoms with Gasteiger partial charge >= 0.3 is 5.97 Å². The second-order valence-electron chi connectivity index (χ2n) is 6.99. The number of rotatable bonds is 5. The molecule has 2 atom stereocenters. The summed E-state index contributed by atoms with van der Waals surface area (Å²) in [7, 11) is 0. The van der Waals surface area contributed by atoms with Gasteiger partial charge in [-0.1, -0.05) is 6.92 Å². The van der Waals surface area contributed by atoms with Crippen LogP contribution in [-0.2, 0) is 14.3 Å². The van der Waals surface area contributed by atoms with Crippen LogP contribution in [0.3, 0.4) is 0 Å². The van der Waals surface area contributed by atoms with E-state index in [0.29, 0.717) is 13.0 Å². The van der Waals surface area contributed by atoms with Crippen LogP contribution >= 0.6 is 0 Å². The van der Waals surface area contributed by atoms with E-state index in [1.54, 1.807) is 4.90 Å². The second kappa shape index (κ2) is 6.41. The van der Waals surface area contributed by atoms with E-state index in [0.717, 1.165) is 12.8 Å². The number of likely N-dealkylation sites (tertiary alicyclic amines) is 1. The van der Waals surface area contributed by atoms with E-state index < -0.39 is 23.7 Å². The Hall–Kier alpha value is -0.650. The van der Waals surface area contributed by atoms with E-state index in [4.69, 9.17) is 9.47 Å². The van der Waals surface area contributed by atoms with E-state index in [-0.39, 0.29) is 5.97 Å². The first kappa shape index (κ1) is 17.4. The van der Waals surface area contributed by atoms with Crippen molar-refractivity contribution in [3.05, 3.63) is 0 Å². The first-order valence-corrected chi connectivity index (χ1v) is 7.40. The van der Waals surface area contributed by atoms with Crippen LogP contribution in [0.5, 0.6) is 0 Å². The molecule has 0 aromatic heterocycles. The molecule has 5 nitrogen and oxygen atoms in total. The number of ether oxygens (including phenoxy) is 2. The summed E-state index contributed by atoms with van der Waals surface area (Å²) in [6.07, 6.45) is 1.28. The lowest BCUT2D eigenvalue weighted by Crippen LogP contribution is -2.49. The first-order chi connectivity index (χ1) is 9.06. The number of nitrogens with zero attached hydrogens (tertiary/aromatic N) is 1. The van der Waals surface area contributed by atoms with E-state index >= 15 is 0 Å². The van der Waals surface area contributed by atoms with Crippen LogP contribution in [0.1, 0.15) is 60.8 Å². The molecule has 1 rings (SSSR count). The highest BCUT2D eigenvalue weighted by molar-refractivity contribution is 5.76. The van der Waals surface area contributed by atoms with Crippen LogP contribution in [0.15, 0.2) is 0 Å². The summed E-state index contributed by atoms with van der Waals surface area (Å²) in [5.74, 6) is -0.285. The predicted molar refractivity (Wildman–Crippen MR) is 77.0 cm³/mol. The number of aliphatic hydroxyl groups excluding tert-OH is 1. The minimum absolute atomic E-state index is 0.285. The van der Waals surface area contributed by atoms with Gasteiger partial charge < -0.3 is 14.6 Å². The maximum Gasteiger partial charge on any atom is 0.324 e. The Bertz CT molecular complexity index is 335. The molecule has 1 saturated heterocycles. The number of hydrogen-bond acceptors (Lipinski definition) is 5. The van der Waals surface area contributed by atoms with Crippen molar-refractivity contribution in [3.63, 3.8) is 0 Å². The third-order valence-corrected chi connectivity index (χ3v) is 3.53. The maximum atomic E-state index is 12.2. The third kappa shape index (κ3) is 5.04. The Morgan fingerprint density at radius 3 is 2.45 bits per heavy atom. The molecule has 2 unspecified atom stereocenters. The highest BCUT2D eigenvalue weighted by Gasteiger charge is 2.39. The van der Waals surface area contributed by atoms with Crippen LogP contribution < -0.4 is 0 Å². The summed E-state index contributed by atoms with van der Waals surface area (Å²) in [6, 6.07) is -0.420. The fourth-order valence-corrected chi connectivity index (χ4v) is 2.11. The van der Waals surface area contributed by atoms with Crippen molar-refractivity contribution in [2.45, 2.75) is 84.5 Å². The molecule has 0 amide bonds. The molecule has 118 valence electrons. The molecule has 1 aliphatic heterocycles. The van der Waals surface area contributed by atoms with E-state index in [2.05, 4.69) is 0 Å². The summed E-state index contributed by atoms with van der Waals surface area (Å²) >= 11 is 0. The average molecular weight is 287 g/mol. The van der Waals surface area contributed by atoms with Crippen molar-refractivity contribution < 1.29 is 19.4 Å². The van der Waals surface area contributed by atoms with Gasteiger partial charge in [0.15, 0.2) is 0 Å². The minimum atomic E-state index is -1.06. The van der Waals surface area contributed by atoms with Crippen molar-refractivity contribution in [2.75, 3.05) is 6.54 Å². The zero-order chi connectivity index (χ0) is 15.6. The van der Waals surface area contributed by atoms with Crippen molar-refractivity contribution in [3.8, 4) is 0 Å². The Morgan fingerprint density at radius 2 is 1.95 bits per heavy atom. The molecule has 1 fully saturated rings. The molecule has 20 heavy (non-hydrogen) atoms. The van der Waals surface area contributed by atoms with E-state index in [1.807, 2.05) is 41.5 Å². The Kier molecular flexibility index (Phi) is 5.58. The normalized spacial score (nSPS) is 22.9. The predicted octanol–water partition coefficient (Wildman–Crippen LogP) is 2.27. The average Bonchev–Trinajstić information content (AvgIpc) is 2.75. The van der Waals surface area contributed by atoms with Gasteiger partial charge in [0.2, 0.25) is 6.41 Å². The molecule has 1 N–H and O–H groups in total. The number of aliphatic hydroxyl groups is 1. The van der Waals surface area contributed by atoms with Crippen LogP contribution in [0.25, 0.3) is 0 Å². The van der Waals surface area contributed by atoms with Crippen LogP contribution in [0.4, 0.5) is 0 Å². The quantitative estimate of drug-likeness (QED) is 0.621. The summed E-state index contributed by atoms with van der Waals surface area (Å²) in [5, 5.41) is 10.2. The smallest absolute Gasteiger partial charge is 0.324 e. The van der Waals surface area contributed by atoms with Gasteiger partial charge in [-0.25, -0.2) is 4.90 Å². The van der Waals surface area contributed by atoms with Gasteiger partial charge in [-0.05, 0) is 53.9 Å². The van der Waals surface area contributed by atoms with Crippen molar-refractivity contribution in [1.29, 1.82) is 0 Å². The van der Waals surface area contributed by atoms with Gasteiger partial charge in [0.05, 0.1) is 5.60 Å². The zero-order valence-corrected chi connectivity index (χ0v) is 13.6. The number of carbonyl (C=O) groups excluding carboxylic acids is 1. The molecule has 0 spiro atoms. The van der Waals surface area contributed by atoms with E-state index in [9.17, 15) is 9.90 Å². The molecule has 0 aromatic carbocycles. The van der Waals surface area contributed by atoms with Gasteiger partial charge in [0.1, 0.15) is 11.6 Å². The number of esters is 1. The third-order valence-electron chi connectivity index (χ3n) is 3.53. The highest BCUT2D eigenvalue weighted by Crippen LogP contribution is 2.26. The SMILES string of the molecule is CCC(C)(C)OC(O)N1CCCC1C(=O)OC(C)(C)C. The largest absolute Gasteiger partial charge is 0.459 e. The fourth-order valence-electron chi connectivity index (χ4n) is 2.11. The van der Waals surface area contributed by atoms with Crippen LogP contribution in [-0.4, -0.2) is 46.2 Å². The summed E-state index contributed by atoms with van der Waals surface area (Å²) in [4.78, 5) is 13.9. The van der Waals surface area contributed by atoms with Crippen molar-refractivity contribution in [2.24, 2.45) is 0 Å². The number of carbonyl (C=O) groups is 1. The molecule has 5 heteroatoms. The Morgan fingerprint density at radius 1 is 1.35 bits per heavy atom. The standard InChI is InChI=1S/C15H29NO4/c1-7-15(5,6)20-13(18)16-10-8-9-11(16)12(17)19-14(2,3)4/h11,13,18H,7-10H2,1-6H3. The molecule has 0 bridgehead atoms. The molecule has 0 radical (unpaired) electrons. The topological polar surface area (TPSA) is 59.0 Å². The molecule has 1 aliphatic rings. The van der Waals surface area contributed by atoms with Crippen LogP contribution in [0, 0.1) is 0 Å². The lowest BCUT2D eigenvalue weighted by Gasteiger charge is -2.34. The van der Waals surface area contributed by atoms with Crippen LogP contribution in [0.2, 0.25) is 0 Å². The van der Waals surface area contributed by atoms with Gasteiger partial charge in [0, 0.05) is 6.54 Å². The summed E-state index contributed by atoms with van der Waals surface area (Å²) in [6.45, 7) is 12.0. The van der Waals surface area contributed by atoms with Gasteiger partial charge in [0.25, 0.3) is 0 Å². The maximum absolute atomic E-state index is 12.2. The molecule has 0 aliphatic carbocycles. The monoisotopic (exact) mass is 287 g/mol. The Labute approximate surface area is 122 Å². The van der Waals surface area contributed by atoms with Gasteiger partial charge in [-0.3, -0.25) is 4.79 Å². The fraction of sp³-hybridized carbons (Fsp3) is 0.933. The van der Waals surface area contributed by atoms with Gasteiger partial charge in [-0.15, -0.1) is 0 Å². The molecular weight excluding hydrogens is 258 g/mol. The molecule has 1 heterocycles. The molecular formula is C15H29NO4. The van der Waals surface area contributed by atoms with Gasteiger partial charge in [-0.2, -0.15) is 0 Å². The lowest BCUT2D eigenvalue weighted by atomic mass is 10.1. The minimum Gasteiger partial charge on any atom is -0.459 e. The van der Waals surface area contributed by atoms with E-state index in [1.165, 1.54) is 0 Å². The summed E-state index contributed by atoms with van der Waals surface area (Å²) in [5.41, 5.74) is -0.930. The van der Waals surface area contributed by atoms with Crippen molar-refractivity contribution >= 4 is 5.97 Å². The number of hydrogen-bond donors (Lipinski definition) is 1. The molecule has 0 saturated carbocycles. The zero-order valence-electron chi connectivity index (χ0n) is 13.6. The second-order valence-corrected chi connectivity index (χ2v) is 6.99. The molecule has 0 aromatic rings. The lowest BCUT2D eigenvalue weighted by molar-refractivity contribution is -0.249. The first-order valence-electron chi connectivity index (χ1n) is 7.40.